The third-order valence-electron chi connectivity index (χ3n) is 21.8. The Morgan fingerprint density at radius 2 is 0.697 bits per heavy atom. The molecule has 370 valence electrons. The molecule has 4 heteroatoms. The van der Waals surface area contributed by atoms with Crippen molar-refractivity contribution in [1.29, 1.82) is 0 Å². The molecular formula is C72H58F2N2. The maximum atomic E-state index is 15.9. The summed E-state index contributed by atoms with van der Waals surface area (Å²) < 4.78 is 31.8. The van der Waals surface area contributed by atoms with Crippen molar-refractivity contribution in [3.05, 3.63) is 216 Å². The van der Waals surface area contributed by atoms with Crippen LogP contribution >= 0.6 is 0 Å². The first-order valence-corrected chi connectivity index (χ1v) is 28.7. The number of benzene rings is 10. The summed E-state index contributed by atoms with van der Waals surface area (Å²) in [6.45, 7) is 0. The van der Waals surface area contributed by atoms with Crippen LogP contribution in [0.15, 0.2) is 182 Å². The average molecular weight is 989 g/mol. The zero-order valence-electron chi connectivity index (χ0n) is 42.7. The van der Waals surface area contributed by atoms with Crippen molar-refractivity contribution in [1.82, 2.24) is 0 Å². The monoisotopic (exact) mass is 988 g/mol. The van der Waals surface area contributed by atoms with Crippen LogP contribution in [-0.4, -0.2) is 0 Å². The Kier molecular flexibility index (Phi) is 8.58. The molecule has 10 aromatic carbocycles. The van der Waals surface area contributed by atoms with Crippen LogP contribution in [0.1, 0.15) is 86.5 Å². The van der Waals surface area contributed by atoms with Crippen LogP contribution in [0.4, 0.5) is 42.9 Å². The van der Waals surface area contributed by atoms with Crippen LogP contribution in [0.5, 0.6) is 0 Å². The second kappa shape index (κ2) is 15.2. The van der Waals surface area contributed by atoms with Gasteiger partial charge in [-0.1, -0.05) is 121 Å². The van der Waals surface area contributed by atoms with E-state index in [0.717, 1.165) is 79.3 Å². The van der Waals surface area contributed by atoms with E-state index in [4.69, 9.17) is 0 Å². The molecule has 2 nitrogen and oxygen atoms in total. The molecule has 8 saturated carbocycles. The molecule has 8 fully saturated rings. The predicted molar refractivity (Wildman–Crippen MR) is 306 cm³/mol. The molecule has 0 aromatic heterocycles. The highest BCUT2D eigenvalue weighted by atomic mass is 19.1. The first-order valence-electron chi connectivity index (χ1n) is 28.7. The first-order chi connectivity index (χ1) is 37.4. The van der Waals surface area contributed by atoms with Crippen LogP contribution in [0, 0.1) is 59.0 Å². The zero-order chi connectivity index (χ0) is 49.8. The van der Waals surface area contributed by atoms with Gasteiger partial charge in [-0.3, -0.25) is 0 Å². The van der Waals surface area contributed by atoms with Crippen molar-refractivity contribution in [2.24, 2.45) is 47.3 Å². The number of nitrogens with zero attached hydrogens (tertiary/aromatic N) is 2. The summed E-state index contributed by atoms with van der Waals surface area (Å²) in [4.78, 5) is 4.76. The quantitative estimate of drug-likeness (QED) is 0.153. The fraction of sp³-hybridized carbons (Fsp3) is 0.278. The van der Waals surface area contributed by atoms with Crippen LogP contribution in [0.3, 0.4) is 0 Å². The molecule has 76 heavy (non-hydrogen) atoms. The lowest BCUT2D eigenvalue weighted by Crippen LogP contribution is -2.55. The summed E-state index contributed by atoms with van der Waals surface area (Å²) in [7, 11) is 0. The maximum absolute atomic E-state index is 15.9. The van der Waals surface area contributed by atoms with Gasteiger partial charge in [0.25, 0.3) is 0 Å². The molecule has 8 bridgehead atoms. The molecule has 0 aliphatic heterocycles. The number of anilines is 6. The molecule has 20 rings (SSSR count). The zero-order valence-corrected chi connectivity index (χ0v) is 42.7. The first kappa shape index (κ1) is 42.9. The minimum Gasteiger partial charge on any atom is -0.309 e. The number of fused-ring (bicyclic) bond motifs is 6. The van der Waals surface area contributed by atoms with Crippen LogP contribution in [-0.2, 0) is 10.8 Å². The fourth-order valence-corrected chi connectivity index (χ4v) is 19.9. The van der Waals surface area contributed by atoms with Gasteiger partial charge in [-0.25, -0.2) is 8.78 Å². The highest BCUT2D eigenvalue weighted by Crippen LogP contribution is 2.72. The number of halogens is 2. The Morgan fingerprint density at radius 3 is 1.11 bits per heavy atom. The van der Waals surface area contributed by atoms with Gasteiger partial charge in [0.15, 0.2) is 0 Å². The van der Waals surface area contributed by atoms with E-state index in [1.54, 1.807) is 24.3 Å². The van der Waals surface area contributed by atoms with Crippen molar-refractivity contribution in [3.8, 4) is 22.3 Å². The lowest BCUT2D eigenvalue weighted by molar-refractivity contribution is -0.0399. The van der Waals surface area contributed by atoms with Crippen molar-refractivity contribution >= 4 is 66.4 Å². The molecule has 10 aliphatic carbocycles. The van der Waals surface area contributed by atoms with Gasteiger partial charge in [0.2, 0.25) is 0 Å². The van der Waals surface area contributed by atoms with Gasteiger partial charge >= 0.3 is 0 Å². The largest absolute Gasteiger partial charge is 0.309 e. The molecule has 0 radical (unpaired) electrons. The molecular weight excluding hydrogens is 931 g/mol. The lowest BCUT2D eigenvalue weighted by Gasteiger charge is -2.61. The lowest BCUT2D eigenvalue weighted by atomic mass is 9.43. The van der Waals surface area contributed by atoms with E-state index in [1.165, 1.54) is 119 Å². The number of rotatable bonds is 6. The molecule has 0 amide bonds. The third-order valence-corrected chi connectivity index (χ3v) is 21.8. The van der Waals surface area contributed by atoms with E-state index in [1.807, 2.05) is 12.1 Å². The number of hydrogen-bond acceptors (Lipinski definition) is 2. The summed E-state index contributed by atoms with van der Waals surface area (Å²) in [5, 5.41) is 6.88. The molecule has 0 N–H and O–H groups in total. The van der Waals surface area contributed by atoms with Gasteiger partial charge in [-0.05, 0) is 227 Å². The van der Waals surface area contributed by atoms with E-state index >= 15 is 8.78 Å². The third kappa shape index (κ3) is 5.41. The van der Waals surface area contributed by atoms with Crippen molar-refractivity contribution < 1.29 is 8.78 Å². The second-order valence-electron chi connectivity index (χ2n) is 25.1. The Balaban J connectivity index is 0.865. The summed E-state index contributed by atoms with van der Waals surface area (Å²) >= 11 is 0. The fourth-order valence-electron chi connectivity index (χ4n) is 19.9. The molecule has 0 unspecified atom stereocenters. The number of hydrogen-bond donors (Lipinski definition) is 0. The minimum atomic E-state index is -0.253. The van der Waals surface area contributed by atoms with E-state index in [0.29, 0.717) is 23.7 Å². The van der Waals surface area contributed by atoms with E-state index in [2.05, 4.69) is 155 Å². The standard InChI is InChI=1S/C72H58F2N2/c73-51-9-5-11-53(39-51)75(65-19-7-17-61-69(65)55-13-1-3-15-59(55)71(61)47-31-41-29-42(33-47)34-48(71)32-41)63-27-23-45-22-26-58-64(28-24-46-21-25-57(63)67(45)68(46)58)76(54-12-6-10-52(74)40-54)66-20-8-18-62-70(66)56-14-2-4-16-60(56)72(62)49-35-43-30-44(37-49)38-50(72)36-43/h1-28,39-44,47-50H,29-38H2. The Bertz CT molecular complexity index is 3790. The smallest absolute Gasteiger partial charge is 0.125 e. The van der Waals surface area contributed by atoms with Gasteiger partial charge in [-0.2, -0.15) is 0 Å². The van der Waals surface area contributed by atoms with E-state index in [-0.39, 0.29) is 22.5 Å². The Hall–Kier alpha value is -7.30. The van der Waals surface area contributed by atoms with Crippen molar-refractivity contribution in [2.75, 3.05) is 9.80 Å². The van der Waals surface area contributed by atoms with E-state index in [9.17, 15) is 0 Å². The molecule has 10 aromatic rings. The van der Waals surface area contributed by atoms with Crippen molar-refractivity contribution in [3.63, 3.8) is 0 Å². The highest BCUT2D eigenvalue weighted by Gasteiger charge is 2.63. The molecule has 0 atom stereocenters. The summed E-state index contributed by atoms with van der Waals surface area (Å²) in [6.07, 6.45) is 13.3. The highest BCUT2D eigenvalue weighted by molar-refractivity contribution is 6.28. The van der Waals surface area contributed by atoms with Gasteiger partial charge in [-0.15, -0.1) is 0 Å². The van der Waals surface area contributed by atoms with Crippen LogP contribution in [0.2, 0.25) is 0 Å². The molecule has 2 spiro atoms. The normalized spacial score (nSPS) is 28.5. The van der Waals surface area contributed by atoms with Gasteiger partial charge in [0.1, 0.15) is 11.6 Å². The van der Waals surface area contributed by atoms with Crippen LogP contribution in [0.25, 0.3) is 54.6 Å². The van der Waals surface area contributed by atoms with E-state index < -0.39 is 0 Å². The Labute approximate surface area is 443 Å². The molecule has 0 heterocycles. The SMILES string of the molecule is Fc1cccc(N(c2cccc3c2-c2ccccc2C32C3CC4CC(C3)CC2C4)c2ccc3ccc4c(N(c5cccc(F)c5)c5cccc6c5-c5ccccc5C65C6CC7CC(C6)CC5C7)ccc5ccc2c3c54)c1. The summed E-state index contributed by atoms with van der Waals surface area (Å²) in [6, 6.07) is 65.5. The summed E-state index contributed by atoms with van der Waals surface area (Å²) in [5.41, 5.74) is 17.1. The van der Waals surface area contributed by atoms with Crippen LogP contribution < -0.4 is 9.80 Å². The topological polar surface area (TPSA) is 6.48 Å². The molecule has 0 saturated heterocycles. The summed E-state index contributed by atoms with van der Waals surface area (Å²) in [5.74, 6) is 5.40. The van der Waals surface area contributed by atoms with Gasteiger partial charge in [0.05, 0.1) is 22.7 Å². The average Bonchev–Trinajstić information content (AvgIpc) is 4.11. The maximum Gasteiger partial charge on any atom is 0.125 e. The molecule has 10 aliphatic rings. The van der Waals surface area contributed by atoms with Crippen molar-refractivity contribution in [2.45, 2.75) is 75.0 Å². The second-order valence-corrected chi connectivity index (χ2v) is 25.1. The van der Waals surface area contributed by atoms with Gasteiger partial charge in [0, 0.05) is 44.1 Å². The van der Waals surface area contributed by atoms with Gasteiger partial charge < -0.3 is 9.80 Å². The Morgan fingerprint density at radius 1 is 0.329 bits per heavy atom. The predicted octanol–water partition coefficient (Wildman–Crippen LogP) is 19.2. The minimum absolute atomic E-state index is 0.00723.